The largest absolute Gasteiger partial charge is 0.483 e. The normalized spacial score (nSPS) is 9.86. The first-order chi connectivity index (χ1) is 6.74. The molecular weight excluding hydrogens is 187 g/mol. The Hall–Kier alpha value is -1.42. The van der Waals surface area contributed by atoms with Crippen LogP contribution in [-0.4, -0.2) is 26.1 Å². The molecule has 1 aromatic rings. The minimum Gasteiger partial charge on any atom is -0.483 e. The van der Waals surface area contributed by atoms with E-state index in [4.69, 9.17) is 4.74 Å². The predicted octanol–water partition coefficient (Wildman–Crippen LogP) is 1.42. The summed E-state index contributed by atoms with van der Waals surface area (Å²) >= 11 is 0. The molecule has 0 heterocycles. The number of methoxy groups -OCH3 is 1. The molecule has 1 aromatic carbocycles. The van der Waals surface area contributed by atoms with E-state index in [1.807, 2.05) is 0 Å². The van der Waals surface area contributed by atoms with Crippen LogP contribution >= 0.6 is 0 Å². The maximum absolute atomic E-state index is 13.0. The molecule has 0 atom stereocenters. The van der Waals surface area contributed by atoms with Crippen LogP contribution in [0.2, 0.25) is 0 Å². The maximum Gasteiger partial charge on any atom is 0.195 e. The monoisotopic (exact) mass is 198 g/mol. The van der Waals surface area contributed by atoms with E-state index >= 15 is 0 Å². The number of ketones is 1. The van der Waals surface area contributed by atoms with Crippen LogP contribution in [0.4, 0.5) is 4.39 Å². The van der Waals surface area contributed by atoms with Crippen molar-refractivity contribution in [3.63, 3.8) is 0 Å². The first-order valence-corrected chi connectivity index (χ1v) is 4.12. The summed E-state index contributed by atoms with van der Waals surface area (Å²) in [4.78, 5) is 11.0. The SMILES string of the molecule is COCC(=O)COc1ccccc1F. The van der Waals surface area contributed by atoms with Crippen LogP contribution < -0.4 is 4.74 Å². The number of ether oxygens (including phenoxy) is 2. The molecule has 3 nitrogen and oxygen atoms in total. The van der Waals surface area contributed by atoms with Gasteiger partial charge in [0.2, 0.25) is 0 Å². The van der Waals surface area contributed by atoms with Crippen molar-refractivity contribution in [2.75, 3.05) is 20.3 Å². The van der Waals surface area contributed by atoms with E-state index in [2.05, 4.69) is 4.74 Å². The maximum atomic E-state index is 13.0. The van der Waals surface area contributed by atoms with Crippen LogP contribution in [0.25, 0.3) is 0 Å². The second kappa shape index (κ2) is 5.34. The van der Waals surface area contributed by atoms with Gasteiger partial charge in [0.25, 0.3) is 0 Å². The Morgan fingerprint density at radius 2 is 2.07 bits per heavy atom. The molecule has 1 rings (SSSR count). The van der Waals surface area contributed by atoms with Gasteiger partial charge in [-0.2, -0.15) is 0 Å². The quantitative estimate of drug-likeness (QED) is 0.717. The third kappa shape index (κ3) is 3.14. The first-order valence-electron chi connectivity index (χ1n) is 4.12. The number of carbonyl (C=O) groups is 1. The summed E-state index contributed by atoms with van der Waals surface area (Å²) in [7, 11) is 1.42. The third-order valence-electron chi connectivity index (χ3n) is 1.53. The molecule has 4 heteroatoms. The molecule has 0 spiro atoms. The number of halogens is 1. The Morgan fingerprint density at radius 3 is 2.71 bits per heavy atom. The van der Waals surface area contributed by atoms with E-state index in [9.17, 15) is 9.18 Å². The fourth-order valence-electron chi connectivity index (χ4n) is 0.923. The Bertz CT molecular complexity index is 312. The van der Waals surface area contributed by atoms with E-state index in [1.165, 1.54) is 19.2 Å². The molecule has 0 N–H and O–H groups in total. The summed E-state index contributed by atoms with van der Waals surface area (Å²) in [6, 6.07) is 5.93. The zero-order chi connectivity index (χ0) is 10.4. The molecule has 0 aromatic heterocycles. The second-order valence-corrected chi connectivity index (χ2v) is 2.69. The Morgan fingerprint density at radius 1 is 1.36 bits per heavy atom. The summed E-state index contributed by atoms with van der Waals surface area (Å²) in [6.07, 6.45) is 0. The van der Waals surface area contributed by atoms with Crippen LogP contribution in [0, 0.1) is 5.82 Å². The van der Waals surface area contributed by atoms with E-state index in [1.54, 1.807) is 12.1 Å². The number of Topliss-reactive ketones (excluding diaryl/α,β-unsaturated/α-hetero) is 1. The lowest BCUT2D eigenvalue weighted by Gasteiger charge is -2.05. The second-order valence-electron chi connectivity index (χ2n) is 2.69. The Balaban J connectivity index is 2.46. The first kappa shape index (κ1) is 10.7. The van der Waals surface area contributed by atoms with E-state index in [0.29, 0.717) is 0 Å². The van der Waals surface area contributed by atoms with Crippen LogP contribution in [-0.2, 0) is 9.53 Å². The highest BCUT2D eigenvalue weighted by Crippen LogP contribution is 2.14. The van der Waals surface area contributed by atoms with Crippen molar-refractivity contribution in [1.82, 2.24) is 0 Å². The number of carbonyl (C=O) groups excluding carboxylic acids is 1. The van der Waals surface area contributed by atoms with Gasteiger partial charge in [-0.25, -0.2) is 4.39 Å². The van der Waals surface area contributed by atoms with E-state index in [0.717, 1.165) is 0 Å². The van der Waals surface area contributed by atoms with Gasteiger partial charge in [-0.15, -0.1) is 0 Å². The molecule has 14 heavy (non-hydrogen) atoms. The highest BCUT2D eigenvalue weighted by Gasteiger charge is 2.05. The number of para-hydroxylation sites is 1. The Labute approximate surface area is 81.4 Å². The van der Waals surface area contributed by atoms with Crippen molar-refractivity contribution in [2.24, 2.45) is 0 Å². The standard InChI is InChI=1S/C10H11FO3/c1-13-6-8(12)7-14-10-5-3-2-4-9(10)11/h2-5H,6-7H2,1H3. The van der Waals surface area contributed by atoms with Gasteiger partial charge in [0, 0.05) is 7.11 Å². The van der Waals surface area contributed by atoms with Crippen LogP contribution in [0.5, 0.6) is 5.75 Å². The molecule has 76 valence electrons. The molecule has 0 radical (unpaired) electrons. The van der Waals surface area contributed by atoms with Crippen molar-refractivity contribution >= 4 is 5.78 Å². The number of benzene rings is 1. The van der Waals surface area contributed by atoms with Crippen molar-refractivity contribution in [3.8, 4) is 5.75 Å². The zero-order valence-electron chi connectivity index (χ0n) is 7.83. The Kier molecular flexibility index (Phi) is 4.07. The molecule has 0 aliphatic heterocycles. The molecular formula is C10H11FO3. The van der Waals surface area contributed by atoms with Gasteiger partial charge in [-0.3, -0.25) is 4.79 Å². The van der Waals surface area contributed by atoms with Gasteiger partial charge >= 0.3 is 0 Å². The lowest BCUT2D eigenvalue weighted by molar-refractivity contribution is -0.124. The fourth-order valence-corrected chi connectivity index (χ4v) is 0.923. The van der Waals surface area contributed by atoms with Crippen LogP contribution in [0.3, 0.4) is 0 Å². The highest BCUT2D eigenvalue weighted by atomic mass is 19.1. The van der Waals surface area contributed by atoms with Gasteiger partial charge in [0.05, 0.1) is 0 Å². The van der Waals surface area contributed by atoms with Crippen molar-refractivity contribution in [2.45, 2.75) is 0 Å². The topological polar surface area (TPSA) is 35.5 Å². The average Bonchev–Trinajstić information content (AvgIpc) is 2.17. The molecule has 0 aliphatic rings. The summed E-state index contributed by atoms with van der Waals surface area (Å²) in [6.45, 7) is -0.191. The summed E-state index contributed by atoms with van der Waals surface area (Å²) in [5.74, 6) is -0.620. The average molecular weight is 198 g/mol. The van der Waals surface area contributed by atoms with Crippen molar-refractivity contribution in [1.29, 1.82) is 0 Å². The van der Waals surface area contributed by atoms with Gasteiger partial charge in [-0.05, 0) is 12.1 Å². The van der Waals surface area contributed by atoms with Gasteiger partial charge in [0.1, 0.15) is 13.2 Å². The molecule has 0 fully saturated rings. The smallest absolute Gasteiger partial charge is 0.195 e. The molecule has 0 bridgehead atoms. The van der Waals surface area contributed by atoms with Crippen molar-refractivity contribution < 1.29 is 18.7 Å². The predicted molar refractivity (Wildman–Crippen MR) is 48.8 cm³/mol. The summed E-state index contributed by atoms with van der Waals surface area (Å²) < 4.78 is 22.5. The number of hydrogen-bond acceptors (Lipinski definition) is 3. The molecule has 0 saturated carbocycles. The lowest BCUT2D eigenvalue weighted by Crippen LogP contribution is -2.16. The summed E-state index contributed by atoms with van der Waals surface area (Å²) in [5, 5.41) is 0. The van der Waals surface area contributed by atoms with Crippen molar-refractivity contribution in [3.05, 3.63) is 30.1 Å². The third-order valence-corrected chi connectivity index (χ3v) is 1.53. The molecule has 0 unspecified atom stereocenters. The van der Waals surface area contributed by atoms with Crippen LogP contribution in [0.1, 0.15) is 0 Å². The molecule has 0 aliphatic carbocycles. The fraction of sp³-hybridized carbons (Fsp3) is 0.300. The number of hydrogen-bond donors (Lipinski definition) is 0. The van der Waals surface area contributed by atoms with Gasteiger partial charge in [0.15, 0.2) is 17.3 Å². The minimum atomic E-state index is -0.474. The zero-order valence-corrected chi connectivity index (χ0v) is 7.83. The van der Waals surface area contributed by atoms with E-state index < -0.39 is 5.82 Å². The van der Waals surface area contributed by atoms with Gasteiger partial charge in [-0.1, -0.05) is 12.1 Å². The molecule has 0 saturated heterocycles. The lowest BCUT2D eigenvalue weighted by atomic mass is 10.3. The van der Waals surface area contributed by atoms with E-state index in [-0.39, 0.29) is 24.7 Å². The highest BCUT2D eigenvalue weighted by molar-refractivity contribution is 5.81. The van der Waals surface area contributed by atoms with Crippen LogP contribution in [0.15, 0.2) is 24.3 Å². The minimum absolute atomic E-state index is 0.0194. The summed E-state index contributed by atoms with van der Waals surface area (Å²) in [5.41, 5.74) is 0. The van der Waals surface area contributed by atoms with Gasteiger partial charge < -0.3 is 9.47 Å². The molecule has 0 amide bonds. The number of rotatable bonds is 5.